The van der Waals surface area contributed by atoms with E-state index in [9.17, 15) is 0 Å². The van der Waals surface area contributed by atoms with Gasteiger partial charge in [0.15, 0.2) is 0 Å². The predicted molar refractivity (Wildman–Crippen MR) is 58.6 cm³/mol. The smallest absolute Gasteiger partial charge is 0.138 e. The first kappa shape index (κ1) is 11.0. The lowest BCUT2D eigenvalue weighted by Crippen LogP contribution is -2.23. The largest absolute Gasteiger partial charge is 0.487 e. The molecule has 0 spiro atoms. The van der Waals surface area contributed by atoms with Crippen LogP contribution in [0.3, 0.4) is 0 Å². The molecule has 0 aliphatic carbocycles. The zero-order valence-electron chi connectivity index (χ0n) is 9.50. The first-order chi connectivity index (χ1) is 6.51. The molecule has 14 heavy (non-hydrogen) atoms. The minimum atomic E-state index is -0.145. The Morgan fingerprint density at radius 3 is 2.43 bits per heavy atom. The molecule has 0 aromatic carbocycles. The summed E-state index contributed by atoms with van der Waals surface area (Å²) in [6.07, 6.45) is 3.97. The Hall–Kier alpha value is -1.05. The second-order valence-electron chi connectivity index (χ2n) is 4.45. The van der Waals surface area contributed by atoms with Crippen LogP contribution >= 0.6 is 0 Å². The third-order valence-corrected chi connectivity index (χ3v) is 1.73. The van der Waals surface area contributed by atoms with Gasteiger partial charge < -0.3 is 4.74 Å². The summed E-state index contributed by atoms with van der Waals surface area (Å²) >= 11 is 0. The standard InChI is InChI=1S/C12H19NO/c1-5-6-10-7-8-11(9-13-10)14-12(2,3)4/h7-9H,5-6H2,1-4H3. The molecule has 1 aromatic heterocycles. The van der Waals surface area contributed by atoms with Crippen molar-refractivity contribution in [1.82, 2.24) is 4.98 Å². The molecule has 78 valence electrons. The Balaban J connectivity index is 2.64. The Morgan fingerprint density at radius 2 is 2.00 bits per heavy atom. The van der Waals surface area contributed by atoms with Crippen LogP contribution in [0.5, 0.6) is 5.75 Å². The van der Waals surface area contributed by atoms with Crippen molar-refractivity contribution in [3.05, 3.63) is 24.0 Å². The van der Waals surface area contributed by atoms with Gasteiger partial charge in [0, 0.05) is 5.69 Å². The van der Waals surface area contributed by atoms with E-state index in [2.05, 4.69) is 11.9 Å². The number of aryl methyl sites for hydroxylation is 1. The lowest BCUT2D eigenvalue weighted by atomic mass is 10.2. The summed E-state index contributed by atoms with van der Waals surface area (Å²) in [5.41, 5.74) is 0.988. The molecule has 1 aromatic rings. The van der Waals surface area contributed by atoms with Crippen molar-refractivity contribution in [1.29, 1.82) is 0 Å². The van der Waals surface area contributed by atoms with Gasteiger partial charge in [0.2, 0.25) is 0 Å². The van der Waals surface area contributed by atoms with Crippen LogP contribution in [-0.2, 0) is 6.42 Å². The molecule has 0 radical (unpaired) electrons. The van der Waals surface area contributed by atoms with E-state index in [4.69, 9.17) is 4.74 Å². The minimum Gasteiger partial charge on any atom is -0.487 e. The van der Waals surface area contributed by atoms with Crippen molar-refractivity contribution in [3.8, 4) is 5.75 Å². The van der Waals surface area contributed by atoms with Gasteiger partial charge >= 0.3 is 0 Å². The molecule has 0 amide bonds. The lowest BCUT2D eigenvalue weighted by molar-refractivity contribution is 0.130. The number of hydrogen-bond acceptors (Lipinski definition) is 2. The highest BCUT2D eigenvalue weighted by Crippen LogP contribution is 2.16. The van der Waals surface area contributed by atoms with E-state index in [1.165, 1.54) is 0 Å². The molecule has 2 nitrogen and oxygen atoms in total. The van der Waals surface area contributed by atoms with Crippen molar-refractivity contribution in [3.63, 3.8) is 0 Å². The van der Waals surface area contributed by atoms with Crippen LogP contribution in [0.15, 0.2) is 18.3 Å². The van der Waals surface area contributed by atoms with Crippen LogP contribution in [0.4, 0.5) is 0 Å². The molecule has 0 saturated carbocycles. The molecule has 0 aliphatic heterocycles. The van der Waals surface area contributed by atoms with Crippen molar-refractivity contribution in [2.45, 2.75) is 46.1 Å². The highest BCUT2D eigenvalue weighted by Gasteiger charge is 2.11. The summed E-state index contributed by atoms with van der Waals surface area (Å²) in [5.74, 6) is 0.845. The van der Waals surface area contributed by atoms with Crippen molar-refractivity contribution < 1.29 is 4.74 Å². The average Bonchev–Trinajstić information content (AvgIpc) is 2.06. The Kier molecular flexibility index (Phi) is 3.50. The van der Waals surface area contributed by atoms with E-state index >= 15 is 0 Å². The molecule has 0 fully saturated rings. The highest BCUT2D eigenvalue weighted by atomic mass is 16.5. The normalized spacial score (nSPS) is 11.4. The van der Waals surface area contributed by atoms with Crippen LogP contribution in [0.1, 0.15) is 39.8 Å². The topological polar surface area (TPSA) is 22.1 Å². The lowest BCUT2D eigenvalue weighted by Gasteiger charge is -2.20. The monoisotopic (exact) mass is 193 g/mol. The number of nitrogens with zero attached hydrogens (tertiary/aromatic N) is 1. The van der Waals surface area contributed by atoms with Crippen molar-refractivity contribution in [2.75, 3.05) is 0 Å². The zero-order valence-corrected chi connectivity index (χ0v) is 9.50. The Labute approximate surface area is 86.3 Å². The number of rotatable bonds is 3. The minimum absolute atomic E-state index is 0.145. The average molecular weight is 193 g/mol. The molecule has 1 heterocycles. The summed E-state index contributed by atoms with van der Waals surface area (Å²) in [5, 5.41) is 0. The maximum atomic E-state index is 5.67. The van der Waals surface area contributed by atoms with Crippen LogP contribution in [0.2, 0.25) is 0 Å². The van der Waals surface area contributed by atoms with Crippen LogP contribution in [0.25, 0.3) is 0 Å². The Bertz CT molecular complexity index is 271. The number of pyridine rings is 1. The molecule has 0 saturated heterocycles. The highest BCUT2D eigenvalue weighted by molar-refractivity contribution is 5.20. The predicted octanol–water partition coefficient (Wildman–Crippen LogP) is 3.21. The summed E-state index contributed by atoms with van der Waals surface area (Å²) in [4.78, 5) is 4.33. The second kappa shape index (κ2) is 4.45. The fourth-order valence-corrected chi connectivity index (χ4v) is 1.23. The molecule has 0 bridgehead atoms. The maximum Gasteiger partial charge on any atom is 0.138 e. The van der Waals surface area contributed by atoms with E-state index in [1.54, 1.807) is 6.20 Å². The van der Waals surface area contributed by atoms with E-state index in [0.717, 1.165) is 24.3 Å². The van der Waals surface area contributed by atoms with Crippen LogP contribution < -0.4 is 4.74 Å². The number of aromatic nitrogens is 1. The zero-order chi connectivity index (χ0) is 10.6. The molecule has 0 unspecified atom stereocenters. The van der Waals surface area contributed by atoms with E-state index in [1.807, 2.05) is 32.9 Å². The first-order valence-corrected chi connectivity index (χ1v) is 5.15. The summed E-state index contributed by atoms with van der Waals surface area (Å²) in [7, 11) is 0. The third kappa shape index (κ3) is 3.77. The molecule has 0 atom stereocenters. The van der Waals surface area contributed by atoms with Crippen molar-refractivity contribution >= 4 is 0 Å². The summed E-state index contributed by atoms with van der Waals surface area (Å²) < 4.78 is 5.67. The van der Waals surface area contributed by atoms with Gasteiger partial charge in [-0.2, -0.15) is 0 Å². The maximum absolute atomic E-state index is 5.67. The van der Waals surface area contributed by atoms with Gasteiger partial charge in [0.25, 0.3) is 0 Å². The van der Waals surface area contributed by atoms with E-state index in [-0.39, 0.29) is 5.60 Å². The fourth-order valence-electron chi connectivity index (χ4n) is 1.23. The molecular weight excluding hydrogens is 174 g/mol. The molecular formula is C12H19NO. The van der Waals surface area contributed by atoms with Crippen LogP contribution in [-0.4, -0.2) is 10.6 Å². The SMILES string of the molecule is CCCc1ccc(OC(C)(C)C)cn1. The first-order valence-electron chi connectivity index (χ1n) is 5.15. The van der Waals surface area contributed by atoms with Gasteiger partial charge in [0.05, 0.1) is 6.20 Å². The van der Waals surface area contributed by atoms with E-state index in [0.29, 0.717) is 0 Å². The number of ether oxygens (including phenoxy) is 1. The summed E-state index contributed by atoms with van der Waals surface area (Å²) in [6, 6.07) is 4.02. The summed E-state index contributed by atoms with van der Waals surface area (Å²) in [6.45, 7) is 8.26. The molecule has 0 N–H and O–H groups in total. The fraction of sp³-hybridized carbons (Fsp3) is 0.583. The molecule has 2 heteroatoms. The van der Waals surface area contributed by atoms with Gasteiger partial charge in [-0.05, 0) is 39.3 Å². The molecule has 0 aliphatic rings. The third-order valence-electron chi connectivity index (χ3n) is 1.73. The van der Waals surface area contributed by atoms with Gasteiger partial charge in [-0.25, -0.2) is 0 Å². The van der Waals surface area contributed by atoms with Gasteiger partial charge in [0.1, 0.15) is 11.4 Å². The van der Waals surface area contributed by atoms with Gasteiger partial charge in [-0.15, -0.1) is 0 Å². The second-order valence-corrected chi connectivity index (χ2v) is 4.45. The van der Waals surface area contributed by atoms with E-state index < -0.39 is 0 Å². The Morgan fingerprint density at radius 1 is 1.29 bits per heavy atom. The molecule has 1 rings (SSSR count). The van der Waals surface area contributed by atoms with Gasteiger partial charge in [-0.3, -0.25) is 4.98 Å². The van der Waals surface area contributed by atoms with Gasteiger partial charge in [-0.1, -0.05) is 13.3 Å². The van der Waals surface area contributed by atoms with Crippen LogP contribution in [0, 0.1) is 0 Å². The number of hydrogen-bond donors (Lipinski definition) is 0. The quantitative estimate of drug-likeness (QED) is 0.735. The van der Waals surface area contributed by atoms with Crippen molar-refractivity contribution in [2.24, 2.45) is 0 Å².